The van der Waals surface area contributed by atoms with Crippen molar-refractivity contribution in [2.24, 2.45) is 0 Å². The van der Waals surface area contributed by atoms with Crippen molar-refractivity contribution in [3.8, 4) is 0 Å². The van der Waals surface area contributed by atoms with Crippen LogP contribution in [0.4, 0.5) is 0 Å². The summed E-state index contributed by atoms with van der Waals surface area (Å²) in [6.45, 7) is 3.27. The fraction of sp³-hybridized carbons (Fsp3) is 1.00. The van der Waals surface area contributed by atoms with E-state index in [1.165, 1.54) is 0 Å². The molecule has 0 amide bonds. The van der Waals surface area contributed by atoms with Gasteiger partial charge in [-0.15, -0.1) is 0 Å². The zero-order chi connectivity index (χ0) is 4.28. The normalized spacial score (nSPS) is 9.40. The molecule has 31 valence electrons. The molecule has 0 aliphatic heterocycles. The molecule has 0 fully saturated rings. The van der Waals surface area contributed by atoms with Crippen LogP contribution in [0.15, 0.2) is 0 Å². The van der Waals surface area contributed by atoms with Gasteiger partial charge in [-0.1, -0.05) is 0 Å². The molecule has 0 saturated carbocycles. The minimum absolute atomic E-state index is 1.14. The van der Waals surface area contributed by atoms with Crippen LogP contribution in [0.2, 0.25) is 0 Å². The van der Waals surface area contributed by atoms with Crippen LogP contribution in [-0.4, -0.2) is 17.1 Å². The van der Waals surface area contributed by atoms with Crippen LogP contribution in [0.5, 0.6) is 0 Å². The van der Waals surface area contributed by atoms with E-state index in [9.17, 15) is 0 Å². The van der Waals surface area contributed by atoms with E-state index in [-0.39, 0.29) is 0 Å². The molecule has 0 atom stereocenters. The Morgan fingerprint density at radius 3 is 2.00 bits per heavy atom. The summed E-state index contributed by atoms with van der Waals surface area (Å²) in [5.74, 6) is 0. The molecule has 0 saturated heterocycles. The van der Waals surface area contributed by atoms with Crippen molar-refractivity contribution >= 4 is 0 Å². The number of hydrogen-bond acceptors (Lipinski definition) is 1. The molecule has 0 spiro atoms. The molecule has 0 radical (unpaired) electrons. The molecular weight excluding hydrogens is 146 g/mol. The predicted octanol–water partition coefficient (Wildman–Crippen LogP) is 0.400. The van der Waals surface area contributed by atoms with Gasteiger partial charge in [0.05, 0.1) is 0 Å². The van der Waals surface area contributed by atoms with Gasteiger partial charge in [0.25, 0.3) is 0 Å². The van der Waals surface area contributed by atoms with Crippen molar-refractivity contribution in [2.45, 2.75) is 6.92 Å². The second-order valence-electron chi connectivity index (χ2n) is 0.944. The van der Waals surface area contributed by atoms with E-state index in [0.717, 1.165) is 6.54 Å². The van der Waals surface area contributed by atoms with Gasteiger partial charge in [0.15, 0.2) is 0 Å². The topological polar surface area (TPSA) is 3.24 Å². The van der Waals surface area contributed by atoms with Gasteiger partial charge in [-0.2, -0.15) is 0 Å². The fourth-order valence-corrected chi connectivity index (χ4v) is 0. The monoisotopic (exact) mass is 156 g/mol. The van der Waals surface area contributed by atoms with E-state index in [1.54, 1.807) is 0 Å². The Bertz CT molecular complexity index is 20.9. The van der Waals surface area contributed by atoms with Gasteiger partial charge in [-0.05, 0) is 0 Å². The number of hydrogen-bond donors (Lipinski definition) is 0. The third kappa shape index (κ3) is 4.65. The first-order chi connectivity index (χ1) is 2.27. The Hall–Kier alpha value is 0.648. The molecule has 0 aromatic heterocycles. The van der Waals surface area contributed by atoms with E-state index >= 15 is 0 Å². The maximum absolute atomic E-state index is 2.13. The van der Waals surface area contributed by atoms with Crippen molar-refractivity contribution in [3.63, 3.8) is 0 Å². The molecule has 0 aromatic carbocycles. The molecule has 0 aromatic rings. The molecule has 0 aliphatic rings. The van der Waals surface area contributed by atoms with E-state index in [0.29, 0.717) is 0 Å². The quantitative estimate of drug-likeness (QED) is 0.494. The van der Waals surface area contributed by atoms with Crippen molar-refractivity contribution in [1.29, 1.82) is 0 Å². The Morgan fingerprint density at radius 1 is 1.80 bits per heavy atom. The minimum atomic E-state index is 1.14. The van der Waals surface area contributed by atoms with E-state index in [2.05, 4.69) is 17.4 Å². The summed E-state index contributed by atoms with van der Waals surface area (Å²) >= 11 is 1.99. The third-order valence-corrected chi connectivity index (χ3v) is 1.08. The summed E-state index contributed by atoms with van der Waals surface area (Å²) in [6, 6.07) is 0. The SMILES string of the molecule is CC[N](C)[Mo]. The molecule has 0 N–H and O–H groups in total. The Kier molecular flexibility index (Phi) is 3.23. The molecule has 0 bridgehead atoms. The second-order valence-corrected chi connectivity index (χ2v) is 2.48. The summed E-state index contributed by atoms with van der Waals surface area (Å²) in [5.41, 5.74) is 0. The molecule has 0 unspecified atom stereocenters. The summed E-state index contributed by atoms with van der Waals surface area (Å²) in [7, 11) is 2.06. The first-order valence-corrected chi connectivity index (χ1v) is 2.55. The Balaban J connectivity index is 2.54. The van der Waals surface area contributed by atoms with Gasteiger partial charge >= 0.3 is 44.0 Å². The van der Waals surface area contributed by atoms with Crippen molar-refractivity contribution in [3.05, 3.63) is 0 Å². The van der Waals surface area contributed by atoms with Crippen LogP contribution < -0.4 is 0 Å². The van der Waals surface area contributed by atoms with E-state index < -0.39 is 0 Å². The fourth-order valence-electron chi connectivity index (χ4n) is 0. The molecule has 0 heterocycles. The zero-order valence-corrected chi connectivity index (χ0v) is 5.57. The van der Waals surface area contributed by atoms with Crippen LogP contribution >= 0.6 is 0 Å². The van der Waals surface area contributed by atoms with Gasteiger partial charge in [0.1, 0.15) is 0 Å². The number of nitrogens with zero attached hydrogens (tertiary/aromatic N) is 1. The van der Waals surface area contributed by atoms with Crippen molar-refractivity contribution < 1.29 is 20.1 Å². The molecule has 1 nitrogen and oxygen atoms in total. The summed E-state index contributed by atoms with van der Waals surface area (Å²) in [6.07, 6.45) is 0. The van der Waals surface area contributed by atoms with Crippen LogP contribution in [0.25, 0.3) is 0 Å². The molecule has 2 heteroatoms. The molecule has 5 heavy (non-hydrogen) atoms. The molecular formula is C3H8MoN. The first-order valence-electron chi connectivity index (χ1n) is 1.65. The van der Waals surface area contributed by atoms with Crippen molar-refractivity contribution in [1.82, 2.24) is 3.46 Å². The average molecular weight is 154 g/mol. The van der Waals surface area contributed by atoms with Gasteiger partial charge in [0, 0.05) is 0 Å². The van der Waals surface area contributed by atoms with Crippen LogP contribution in [0.3, 0.4) is 0 Å². The summed E-state index contributed by atoms with van der Waals surface area (Å²) in [5, 5.41) is 0. The Morgan fingerprint density at radius 2 is 2.00 bits per heavy atom. The number of rotatable bonds is 1. The van der Waals surface area contributed by atoms with Crippen LogP contribution in [0.1, 0.15) is 6.92 Å². The van der Waals surface area contributed by atoms with Crippen LogP contribution in [-0.2, 0) is 20.1 Å². The van der Waals surface area contributed by atoms with Gasteiger partial charge in [0.2, 0.25) is 0 Å². The Labute approximate surface area is 44.5 Å². The average Bonchev–Trinajstić information content (AvgIpc) is 1.38. The van der Waals surface area contributed by atoms with E-state index in [4.69, 9.17) is 0 Å². The zero-order valence-electron chi connectivity index (χ0n) is 3.56. The second kappa shape index (κ2) is 2.86. The first kappa shape index (κ1) is 5.65. The van der Waals surface area contributed by atoms with Gasteiger partial charge < -0.3 is 0 Å². The van der Waals surface area contributed by atoms with E-state index in [1.807, 2.05) is 20.1 Å². The summed E-state index contributed by atoms with van der Waals surface area (Å²) < 4.78 is 2.13. The third-order valence-electron chi connectivity index (χ3n) is 0.445. The predicted molar refractivity (Wildman–Crippen MR) is 18.3 cm³/mol. The van der Waals surface area contributed by atoms with Gasteiger partial charge in [-0.3, -0.25) is 0 Å². The van der Waals surface area contributed by atoms with Crippen molar-refractivity contribution in [2.75, 3.05) is 13.6 Å². The standard InChI is InChI=1S/C3H8N.Mo/c1-3-4-2;/h3H2,1-2H3;/q-1;+1. The maximum atomic E-state index is 2.13. The summed E-state index contributed by atoms with van der Waals surface area (Å²) in [4.78, 5) is 0. The van der Waals surface area contributed by atoms with Crippen LogP contribution in [0, 0.1) is 0 Å². The molecule has 0 aliphatic carbocycles. The molecule has 0 rings (SSSR count). The van der Waals surface area contributed by atoms with Gasteiger partial charge in [-0.25, -0.2) is 0 Å².